The van der Waals surface area contributed by atoms with Crippen LogP contribution in [0.4, 0.5) is 0 Å². The van der Waals surface area contributed by atoms with Crippen LogP contribution in [0.5, 0.6) is 0 Å². The molecule has 0 saturated heterocycles. The van der Waals surface area contributed by atoms with E-state index in [1.807, 2.05) is 6.92 Å². The Morgan fingerprint density at radius 2 is 1.43 bits per heavy atom. The van der Waals surface area contributed by atoms with Crippen molar-refractivity contribution in [3.63, 3.8) is 0 Å². The van der Waals surface area contributed by atoms with Crippen molar-refractivity contribution in [2.45, 2.75) is 6.92 Å². The van der Waals surface area contributed by atoms with Crippen molar-refractivity contribution >= 4 is 29.1 Å². The summed E-state index contributed by atoms with van der Waals surface area (Å²) in [6, 6.07) is 0. The van der Waals surface area contributed by atoms with Crippen LogP contribution in [0, 0.1) is 0 Å². The molecular weight excluding hydrogens is 243 g/mol. The Morgan fingerprint density at radius 3 is 1.43 bits per heavy atom. The molecule has 0 rings (SSSR count). The van der Waals surface area contributed by atoms with Gasteiger partial charge in [-0.1, -0.05) is 6.08 Å². The zero-order chi connectivity index (χ0) is 6.28. The first-order valence-corrected chi connectivity index (χ1v) is 8.10. The summed E-state index contributed by atoms with van der Waals surface area (Å²) >= 11 is -1.75. The van der Waals surface area contributed by atoms with Crippen LogP contribution in [0.25, 0.3) is 0 Å². The molecule has 0 aromatic carbocycles. The molecule has 0 nitrogen and oxygen atoms in total. The van der Waals surface area contributed by atoms with Crippen molar-refractivity contribution in [2.24, 2.45) is 0 Å². The molecule has 0 radical (unpaired) electrons. The standard InChI is InChI=1S/C3H6.3ClH.Ru/c1-3-2;;;;/h3H,1H2,2H3;3*1H;/q;;;;+3/p-3. The molecule has 0 spiro atoms. The SMILES string of the molecule is C=CC.[Cl][Ru]([Cl])[Cl]. The Kier molecular flexibility index (Phi) is 16.3. The normalized spacial score (nSPS) is 8.29. The van der Waals surface area contributed by atoms with E-state index in [2.05, 4.69) is 6.58 Å². The first-order valence-electron chi connectivity index (χ1n) is 1.39. The molecule has 0 heterocycles. The molecule has 0 N–H and O–H groups in total. The second-order valence-corrected chi connectivity index (χ2v) is 8.48. The van der Waals surface area contributed by atoms with Gasteiger partial charge in [0.25, 0.3) is 0 Å². The van der Waals surface area contributed by atoms with E-state index < -0.39 is 13.0 Å². The summed E-state index contributed by atoms with van der Waals surface area (Å²) in [4.78, 5) is 0. The summed E-state index contributed by atoms with van der Waals surface area (Å²) in [5, 5.41) is 0. The molecule has 0 fully saturated rings. The van der Waals surface area contributed by atoms with E-state index in [0.717, 1.165) is 0 Å². The molecule has 0 saturated carbocycles. The Labute approximate surface area is 61.5 Å². The van der Waals surface area contributed by atoms with Gasteiger partial charge in [-0.05, 0) is 6.92 Å². The fourth-order valence-electron chi connectivity index (χ4n) is 0. The Hall–Kier alpha value is 1.23. The topological polar surface area (TPSA) is 0 Å². The fourth-order valence-corrected chi connectivity index (χ4v) is 0. The molecule has 0 amide bonds. The number of halogens is 3. The van der Waals surface area contributed by atoms with Crippen LogP contribution in [0.2, 0.25) is 0 Å². The third kappa shape index (κ3) is 130. The molecule has 0 unspecified atom stereocenters. The molecule has 7 heavy (non-hydrogen) atoms. The zero-order valence-electron chi connectivity index (χ0n) is 3.77. The number of rotatable bonds is 0. The van der Waals surface area contributed by atoms with Crippen LogP contribution in [-0.4, -0.2) is 0 Å². The second-order valence-electron chi connectivity index (χ2n) is 0.560. The van der Waals surface area contributed by atoms with Gasteiger partial charge in [-0.2, -0.15) is 0 Å². The third-order valence-corrected chi connectivity index (χ3v) is 0. The predicted molar refractivity (Wildman–Crippen MR) is 33.4 cm³/mol. The van der Waals surface area contributed by atoms with E-state index in [9.17, 15) is 0 Å². The molecule has 0 aromatic heterocycles. The third-order valence-electron chi connectivity index (χ3n) is 0. The monoisotopic (exact) mass is 249 g/mol. The van der Waals surface area contributed by atoms with Crippen molar-refractivity contribution in [2.75, 3.05) is 0 Å². The fraction of sp³-hybridized carbons (Fsp3) is 0.333. The van der Waals surface area contributed by atoms with Gasteiger partial charge in [0.15, 0.2) is 0 Å². The quantitative estimate of drug-likeness (QED) is 0.457. The number of allylic oxidation sites excluding steroid dienone is 1. The number of hydrogen-bond donors (Lipinski definition) is 0. The summed E-state index contributed by atoms with van der Waals surface area (Å²) < 4.78 is 0. The van der Waals surface area contributed by atoms with Gasteiger partial charge in [0, 0.05) is 0 Å². The second kappa shape index (κ2) is 10.3. The van der Waals surface area contributed by atoms with Crippen LogP contribution in [0.1, 0.15) is 6.92 Å². The molecule has 47 valence electrons. The van der Waals surface area contributed by atoms with E-state index in [0.29, 0.717) is 0 Å². The Balaban J connectivity index is 0. The maximum atomic E-state index is 4.95. The average molecular weight is 250 g/mol. The molecule has 0 aromatic rings. The van der Waals surface area contributed by atoms with Crippen LogP contribution < -0.4 is 0 Å². The summed E-state index contributed by atoms with van der Waals surface area (Å²) in [5.41, 5.74) is 0. The molecule has 0 aliphatic rings. The van der Waals surface area contributed by atoms with E-state index in [1.165, 1.54) is 0 Å². The van der Waals surface area contributed by atoms with Gasteiger partial charge in [0.05, 0.1) is 0 Å². The molecule has 0 aliphatic carbocycles. The summed E-state index contributed by atoms with van der Waals surface area (Å²) in [7, 11) is 14.8. The molecule has 0 bridgehead atoms. The van der Waals surface area contributed by atoms with Crippen molar-refractivity contribution in [3.05, 3.63) is 12.7 Å². The minimum atomic E-state index is -1.75. The van der Waals surface area contributed by atoms with Gasteiger partial charge in [-0.15, -0.1) is 6.58 Å². The maximum absolute atomic E-state index is 4.95. The first kappa shape index (κ1) is 11.1. The zero-order valence-corrected chi connectivity index (χ0v) is 7.78. The van der Waals surface area contributed by atoms with Gasteiger partial charge >= 0.3 is 42.1 Å². The first-order chi connectivity index (χ1) is 3.15. The van der Waals surface area contributed by atoms with Crippen molar-refractivity contribution in [3.8, 4) is 0 Å². The molecular formula is C3H6Cl3Ru. The van der Waals surface area contributed by atoms with Crippen molar-refractivity contribution < 1.29 is 13.0 Å². The molecule has 0 aliphatic heterocycles. The van der Waals surface area contributed by atoms with Crippen molar-refractivity contribution in [1.82, 2.24) is 0 Å². The minimum absolute atomic E-state index is 1.75. The van der Waals surface area contributed by atoms with Crippen LogP contribution in [0.3, 0.4) is 0 Å². The van der Waals surface area contributed by atoms with Gasteiger partial charge in [-0.25, -0.2) is 0 Å². The summed E-state index contributed by atoms with van der Waals surface area (Å²) in [6.45, 7) is 5.25. The van der Waals surface area contributed by atoms with Gasteiger partial charge in [0.1, 0.15) is 0 Å². The van der Waals surface area contributed by atoms with E-state index >= 15 is 0 Å². The van der Waals surface area contributed by atoms with Gasteiger partial charge < -0.3 is 0 Å². The van der Waals surface area contributed by atoms with Crippen LogP contribution >= 0.6 is 29.1 Å². The van der Waals surface area contributed by atoms with Crippen molar-refractivity contribution in [1.29, 1.82) is 0 Å². The van der Waals surface area contributed by atoms with Crippen LogP contribution in [-0.2, 0) is 13.0 Å². The van der Waals surface area contributed by atoms with Crippen LogP contribution in [0.15, 0.2) is 12.7 Å². The molecule has 4 heteroatoms. The molecule has 0 atom stereocenters. The summed E-state index contributed by atoms with van der Waals surface area (Å²) in [6.07, 6.45) is 1.75. The number of hydrogen-bond acceptors (Lipinski definition) is 0. The Morgan fingerprint density at radius 1 is 1.43 bits per heavy atom. The van der Waals surface area contributed by atoms with E-state index in [1.54, 1.807) is 6.08 Å². The van der Waals surface area contributed by atoms with E-state index in [4.69, 9.17) is 29.1 Å². The van der Waals surface area contributed by atoms with Gasteiger partial charge in [0.2, 0.25) is 0 Å². The van der Waals surface area contributed by atoms with E-state index in [-0.39, 0.29) is 0 Å². The predicted octanol–water partition coefficient (Wildman–Crippen LogP) is 3.26. The Bertz CT molecular complexity index is 34.4. The summed E-state index contributed by atoms with van der Waals surface area (Å²) in [5.74, 6) is 0. The van der Waals surface area contributed by atoms with Gasteiger partial charge in [-0.3, -0.25) is 0 Å². The average Bonchev–Trinajstić information content (AvgIpc) is 1.33.